The maximum Gasteiger partial charge on any atom is 1.00 e. The van der Waals surface area contributed by atoms with Gasteiger partial charge in [-0.25, -0.2) is 4.79 Å². The predicted molar refractivity (Wildman–Crippen MR) is 173 cm³/mol. The molecule has 2 aromatic rings. The minimum absolute atomic E-state index is 0. The molecule has 0 spiro atoms. The van der Waals surface area contributed by atoms with Crippen LogP contribution in [0.3, 0.4) is 0 Å². The van der Waals surface area contributed by atoms with Crippen molar-refractivity contribution in [3.63, 3.8) is 0 Å². The average Bonchev–Trinajstić information content (AvgIpc) is 3.55. The molecule has 0 unspecified atom stereocenters. The van der Waals surface area contributed by atoms with Gasteiger partial charge in [0, 0.05) is 23.0 Å². The number of carboxylic acids is 1. The molecule has 9 nitrogen and oxygen atoms in total. The molecule has 1 heterocycles. The van der Waals surface area contributed by atoms with Crippen LogP contribution in [0.2, 0.25) is 5.02 Å². The maximum atomic E-state index is 14.1. The minimum Gasteiger partial charge on any atom is -0.548 e. The van der Waals surface area contributed by atoms with E-state index in [0.29, 0.717) is 55.2 Å². The van der Waals surface area contributed by atoms with Crippen molar-refractivity contribution in [1.29, 1.82) is 0 Å². The molecule has 4 atom stereocenters. The summed E-state index contributed by atoms with van der Waals surface area (Å²) in [4.78, 5) is 54.4. The second-order valence-electron chi connectivity index (χ2n) is 14.4. The number of carbonyl (C=O) groups excluding carboxylic acids is 4. The number of likely N-dealkylation sites (tertiary alicyclic amines) is 1. The molecule has 4 rings (SSSR count). The summed E-state index contributed by atoms with van der Waals surface area (Å²) in [6, 6.07) is 10.7. The molecule has 2 fully saturated rings. The second kappa shape index (κ2) is 15.3. The van der Waals surface area contributed by atoms with E-state index >= 15 is 0 Å². The number of nitrogens with zero attached hydrogens (tertiary/aromatic N) is 1. The Morgan fingerprint density at radius 1 is 1.06 bits per heavy atom. The third-order valence-electron chi connectivity index (χ3n) is 9.91. The van der Waals surface area contributed by atoms with Gasteiger partial charge in [-0.05, 0) is 94.5 Å². The summed E-state index contributed by atoms with van der Waals surface area (Å²) in [6.07, 6.45) is 2.08. The zero-order valence-corrected chi connectivity index (χ0v) is 31.7. The molecule has 250 valence electrons. The monoisotopic (exact) mass is 676 g/mol. The van der Waals surface area contributed by atoms with Crippen molar-refractivity contribution in [3.05, 3.63) is 64.2 Å². The summed E-state index contributed by atoms with van der Waals surface area (Å²) in [6.45, 7) is 13.7. The number of hydrogen-bond donors (Lipinski definition) is 1. The molecular weight excluding hydrogens is 631 g/mol. The third-order valence-corrected chi connectivity index (χ3v) is 10.3. The number of ether oxygens (including phenoxy) is 2. The second-order valence-corrected chi connectivity index (χ2v) is 14.8. The van der Waals surface area contributed by atoms with Crippen LogP contribution < -0.4 is 44.7 Å². The van der Waals surface area contributed by atoms with Crippen LogP contribution in [-0.2, 0) is 36.9 Å². The Morgan fingerprint density at radius 2 is 1.72 bits per heavy atom. The van der Waals surface area contributed by atoms with E-state index in [1.165, 1.54) is 0 Å². The van der Waals surface area contributed by atoms with Crippen LogP contribution in [0.4, 0.5) is 0 Å². The molecule has 11 heteroatoms. The average molecular weight is 677 g/mol. The van der Waals surface area contributed by atoms with Gasteiger partial charge in [0.15, 0.2) is 0 Å². The van der Waals surface area contributed by atoms with E-state index in [4.69, 9.17) is 21.1 Å². The zero-order chi connectivity index (χ0) is 34.0. The van der Waals surface area contributed by atoms with Crippen LogP contribution in [0.5, 0.6) is 5.75 Å². The quantitative estimate of drug-likeness (QED) is 0.301. The number of esters is 1. The summed E-state index contributed by atoms with van der Waals surface area (Å²) in [5, 5.41) is 15.5. The van der Waals surface area contributed by atoms with Gasteiger partial charge in [0.25, 0.3) is 0 Å². The number of amides is 2. The molecule has 0 radical (unpaired) electrons. The summed E-state index contributed by atoms with van der Waals surface area (Å²) in [5.41, 5.74) is 0.176. The van der Waals surface area contributed by atoms with Crippen LogP contribution in [0, 0.1) is 23.7 Å². The smallest absolute Gasteiger partial charge is 0.548 e. The van der Waals surface area contributed by atoms with Crippen molar-refractivity contribution in [1.82, 2.24) is 10.2 Å². The molecule has 1 saturated carbocycles. The van der Waals surface area contributed by atoms with E-state index in [0.717, 1.165) is 11.1 Å². The van der Waals surface area contributed by atoms with E-state index in [1.54, 1.807) is 49.9 Å². The van der Waals surface area contributed by atoms with Gasteiger partial charge in [-0.15, -0.1) is 0 Å². The predicted octanol–water partition coefficient (Wildman–Crippen LogP) is 1.78. The molecule has 2 aliphatic rings. The van der Waals surface area contributed by atoms with E-state index in [-0.39, 0.29) is 41.9 Å². The minimum atomic E-state index is -1.39. The number of nitrogens with one attached hydrogen (secondary N) is 1. The fourth-order valence-corrected chi connectivity index (χ4v) is 6.99. The van der Waals surface area contributed by atoms with Gasteiger partial charge in [-0.1, -0.05) is 56.6 Å². The Hall–Kier alpha value is -2.59. The summed E-state index contributed by atoms with van der Waals surface area (Å²) in [7, 11) is 0. The zero-order valence-electron chi connectivity index (χ0n) is 28.9. The Morgan fingerprint density at radius 3 is 2.32 bits per heavy atom. The molecule has 2 amide bonds. The number of halogens is 1. The Bertz CT molecular complexity index is 1450. The van der Waals surface area contributed by atoms with Crippen LogP contribution in [-0.4, -0.2) is 52.9 Å². The number of benzene rings is 2. The van der Waals surface area contributed by atoms with Gasteiger partial charge < -0.3 is 29.6 Å². The van der Waals surface area contributed by atoms with Crippen molar-refractivity contribution < 1.29 is 63.3 Å². The molecule has 2 aromatic carbocycles. The van der Waals surface area contributed by atoms with E-state index < -0.39 is 52.3 Å². The van der Waals surface area contributed by atoms with E-state index in [1.807, 2.05) is 45.9 Å². The molecule has 1 aliphatic heterocycles. The SMILES string of the molecule is Cc1cccc(Cl)c1COc1ccc(C[C@H](NC(=O)[C@H]2CC[C@@](C)(C(=O)N3CCC[C@H]3C(=O)OC(C)(C)C)C2(C)C)C(=O)[O-])cc1.[Na+]. The first kappa shape index (κ1) is 38.9. The number of rotatable bonds is 10. The van der Waals surface area contributed by atoms with Crippen LogP contribution >= 0.6 is 11.6 Å². The molecule has 47 heavy (non-hydrogen) atoms. The van der Waals surface area contributed by atoms with Gasteiger partial charge in [0.2, 0.25) is 11.8 Å². The van der Waals surface area contributed by atoms with Crippen molar-refractivity contribution in [3.8, 4) is 5.75 Å². The number of aliphatic carboxylic acids is 1. The Balaban J connectivity index is 0.00000600. The van der Waals surface area contributed by atoms with E-state index in [9.17, 15) is 24.3 Å². The van der Waals surface area contributed by atoms with Crippen LogP contribution in [0.1, 0.15) is 83.9 Å². The molecule has 0 aromatic heterocycles. The summed E-state index contributed by atoms with van der Waals surface area (Å²) >= 11 is 6.30. The Kier molecular flexibility index (Phi) is 12.7. The standard InChI is InChI=1S/C36H47ClN2O7.Na/c1-22-10-8-11-27(37)25(22)21-45-24-15-13-23(14-16-24)20-28(31(41)42)38-30(40)26-17-18-36(7,35(26,5)6)33(44)39-19-9-12-29(39)32(43)46-34(2,3)4;/h8,10-11,13-16,26,28-29H,9,12,17-21H2,1-7H3,(H,38,40)(H,41,42);/q;+1/p-1/t26-,28+,29+,36+;/m1./s1. The van der Waals surface area contributed by atoms with Gasteiger partial charge in [0.05, 0.1) is 17.4 Å². The van der Waals surface area contributed by atoms with Crippen LogP contribution in [0.25, 0.3) is 0 Å². The topological polar surface area (TPSA) is 125 Å². The fourth-order valence-electron chi connectivity index (χ4n) is 6.71. The Labute approximate surface area is 305 Å². The fraction of sp³-hybridized carbons (Fsp3) is 0.556. The summed E-state index contributed by atoms with van der Waals surface area (Å²) in [5.74, 6) is -2.44. The normalized spacial score (nSPS) is 22.6. The third kappa shape index (κ3) is 8.72. The first-order valence-electron chi connectivity index (χ1n) is 16.0. The number of carbonyl (C=O) groups is 4. The van der Waals surface area contributed by atoms with Gasteiger partial charge in [-0.3, -0.25) is 9.59 Å². The molecule has 0 bridgehead atoms. The first-order valence-corrected chi connectivity index (χ1v) is 16.3. The van der Waals surface area contributed by atoms with Gasteiger partial charge >= 0.3 is 35.5 Å². The molecule has 1 N–H and O–H groups in total. The first-order chi connectivity index (χ1) is 21.4. The van der Waals surface area contributed by atoms with Gasteiger partial charge in [0.1, 0.15) is 24.0 Å². The molecule has 1 aliphatic carbocycles. The molecular formula is C36H46ClN2NaO7. The van der Waals surface area contributed by atoms with Crippen molar-refractivity contribution >= 4 is 35.4 Å². The number of hydrogen-bond acceptors (Lipinski definition) is 7. The van der Waals surface area contributed by atoms with Gasteiger partial charge in [-0.2, -0.15) is 0 Å². The largest absolute Gasteiger partial charge is 1.00 e. The van der Waals surface area contributed by atoms with Crippen molar-refractivity contribution in [2.24, 2.45) is 16.7 Å². The summed E-state index contributed by atoms with van der Waals surface area (Å²) < 4.78 is 11.5. The number of carboxylic acid groups (broad SMARTS) is 1. The number of aryl methyl sites for hydroxylation is 1. The maximum absolute atomic E-state index is 14.1. The van der Waals surface area contributed by atoms with Crippen molar-refractivity contribution in [2.75, 3.05) is 6.54 Å². The van der Waals surface area contributed by atoms with E-state index in [2.05, 4.69) is 5.32 Å². The van der Waals surface area contributed by atoms with Crippen molar-refractivity contribution in [2.45, 2.75) is 105 Å². The van der Waals surface area contributed by atoms with Crippen LogP contribution in [0.15, 0.2) is 42.5 Å². The molecule has 1 saturated heterocycles.